The largest absolute Gasteiger partial charge is 0.491 e. The van der Waals surface area contributed by atoms with E-state index >= 15 is 0 Å². The van der Waals surface area contributed by atoms with Gasteiger partial charge in [0, 0.05) is 57.1 Å². The Morgan fingerprint density at radius 1 is 1.20 bits per heavy atom. The van der Waals surface area contributed by atoms with Gasteiger partial charge in [0.2, 0.25) is 5.91 Å². The predicted octanol–water partition coefficient (Wildman–Crippen LogP) is 1.47. The van der Waals surface area contributed by atoms with Crippen molar-refractivity contribution >= 4 is 28.7 Å². The molecular formula is C21H30N6O3. The van der Waals surface area contributed by atoms with Gasteiger partial charge in [-0.25, -0.2) is 4.79 Å². The molecule has 9 heteroatoms. The first-order valence-electron chi connectivity index (χ1n) is 10.6. The number of nitrogens with zero attached hydrogens (tertiary/aromatic N) is 4. The van der Waals surface area contributed by atoms with Gasteiger partial charge in [-0.2, -0.15) is 5.10 Å². The van der Waals surface area contributed by atoms with Gasteiger partial charge in [0.25, 0.3) is 0 Å². The van der Waals surface area contributed by atoms with Crippen molar-refractivity contribution in [3.05, 3.63) is 18.2 Å². The van der Waals surface area contributed by atoms with E-state index in [1.165, 1.54) is 4.90 Å². The normalized spacial score (nSPS) is 23.1. The van der Waals surface area contributed by atoms with Crippen LogP contribution in [-0.2, 0) is 11.8 Å². The number of urea groups is 1. The topological polar surface area (TPSA) is 91.7 Å². The molecule has 0 unspecified atom stereocenters. The van der Waals surface area contributed by atoms with E-state index in [0.717, 1.165) is 42.7 Å². The third-order valence-electron chi connectivity index (χ3n) is 5.95. The maximum Gasteiger partial charge on any atom is 0.329 e. The number of aryl methyl sites for hydroxylation is 1. The number of piperazine rings is 1. The fourth-order valence-corrected chi connectivity index (χ4v) is 4.40. The van der Waals surface area contributed by atoms with Gasteiger partial charge in [-0.15, -0.1) is 0 Å². The van der Waals surface area contributed by atoms with Crippen LogP contribution >= 0.6 is 0 Å². The Balaban J connectivity index is 1.45. The Morgan fingerprint density at radius 3 is 2.70 bits per heavy atom. The summed E-state index contributed by atoms with van der Waals surface area (Å²) in [6, 6.07) is 6.40. The molecule has 4 rings (SSSR count). The van der Waals surface area contributed by atoms with E-state index in [9.17, 15) is 9.59 Å². The molecule has 9 nitrogen and oxygen atoms in total. The monoisotopic (exact) mass is 414 g/mol. The Bertz CT molecular complexity index is 932. The quantitative estimate of drug-likeness (QED) is 0.696. The average Bonchev–Trinajstić information content (AvgIpc) is 3.04. The number of aromatic nitrogens is 2. The Kier molecular flexibility index (Phi) is 5.92. The minimum absolute atomic E-state index is 0.256. The molecule has 2 saturated heterocycles. The number of hydrogen-bond acceptors (Lipinski definition) is 6. The molecule has 2 atom stereocenters. The lowest BCUT2D eigenvalue weighted by atomic mass is 10.1. The number of fused-ring (bicyclic) bond motifs is 1. The average molecular weight is 415 g/mol. The van der Waals surface area contributed by atoms with Crippen molar-refractivity contribution in [1.82, 2.24) is 25.3 Å². The molecular weight excluding hydrogens is 384 g/mol. The SMILES string of the molecule is C[C@@H]1CNC[C@H](C)N1CCCOc1cccc2c(N3CCC(=O)NC3=O)nn(C)c12. The second-order valence-electron chi connectivity index (χ2n) is 8.15. The van der Waals surface area contributed by atoms with Gasteiger partial charge in [0.1, 0.15) is 11.3 Å². The fraction of sp³-hybridized carbons (Fsp3) is 0.571. The van der Waals surface area contributed by atoms with Gasteiger partial charge in [-0.3, -0.25) is 24.6 Å². The third kappa shape index (κ3) is 3.99. The number of para-hydroxylation sites is 1. The number of carbonyl (C=O) groups is 2. The second-order valence-corrected chi connectivity index (χ2v) is 8.15. The minimum Gasteiger partial charge on any atom is -0.491 e. The van der Waals surface area contributed by atoms with E-state index in [-0.39, 0.29) is 12.3 Å². The maximum atomic E-state index is 12.3. The molecule has 0 bridgehead atoms. The summed E-state index contributed by atoms with van der Waals surface area (Å²) in [6.07, 6.45) is 1.20. The molecule has 162 valence electrons. The van der Waals surface area contributed by atoms with E-state index < -0.39 is 6.03 Å². The lowest BCUT2D eigenvalue weighted by molar-refractivity contribution is -0.120. The van der Waals surface area contributed by atoms with Crippen molar-refractivity contribution in [2.75, 3.05) is 37.7 Å². The van der Waals surface area contributed by atoms with E-state index in [4.69, 9.17) is 4.74 Å². The van der Waals surface area contributed by atoms with Crippen LogP contribution in [0, 0.1) is 0 Å². The number of rotatable bonds is 6. The summed E-state index contributed by atoms with van der Waals surface area (Å²) >= 11 is 0. The van der Waals surface area contributed by atoms with Crippen molar-refractivity contribution in [2.24, 2.45) is 7.05 Å². The van der Waals surface area contributed by atoms with Crippen molar-refractivity contribution in [1.29, 1.82) is 0 Å². The van der Waals surface area contributed by atoms with Crippen molar-refractivity contribution in [3.8, 4) is 5.75 Å². The zero-order valence-corrected chi connectivity index (χ0v) is 17.9. The molecule has 2 aliphatic heterocycles. The number of hydrogen-bond donors (Lipinski definition) is 2. The molecule has 2 aliphatic rings. The number of ether oxygens (including phenoxy) is 1. The van der Waals surface area contributed by atoms with Crippen molar-refractivity contribution in [2.45, 2.75) is 38.8 Å². The highest BCUT2D eigenvalue weighted by Crippen LogP contribution is 2.33. The first-order valence-corrected chi connectivity index (χ1v) is 10.6. The molecule has 2 aromatic rings. The van der Waals surface area contributed by atoms with E-state index in [1.807, 2.05) is 25.2 Å². The van der Waals surface area contributed by atoms with Gasteiger partial charge in [0.05, 0.1) is 6.61 Å². The first kappa shape index (κ1) is 20.6. The van der Waals surface area contributed by atoms with Crippen LogP contribution < -0.4 is 20.3 Å². The molecule has 0 aliphatic carbocycles. The van der Waals surface area contributed by atoms with Crippen LogP contribution in [-0.4, -0.2) is 71.5 Å². The molecule has 0 spiro atoms. The van der Waals surface area contributed by atoms with Crippen LogP contribution in [0.15, 0.2) is 18.2 Å². The standard InChI is InChI=1S/C21H30N6O3/c1-14-12-22-13-15(2)26(14)9-5-11-30-17-7-4-6-16-19(17)25(3)24-20(16)27-10-8-18(28)23-21(27)29/h4,6-7,14-15,22H,5,8-13H2,1-3H3,(H,23,28,29)/t14-,15+. The fourth-order valence-electron chi connectivity index (χ4n) is 4.40. The number of anilines is 1. The predicted molar refractivity (Wildman–Crippen MR) is 115 cm³/mol. The summed E-state index contributed by atoms with van der Waals surface area (Å²) in [5, 5.41) is 11.2. The van der Waals surface area contributed by atoms with Crippen LogP contribution in [0.1, 0.15) is 26.7 Å². The first-order chi connectivity index (χ1) is 14.5. The summed E-state index contributed by atoms with van der Waals surface area (Å²) in [6.45, 7) is 8.50. The Hall–Kier alpha value is -2.65. The van der Waals surface area contributed by atoms with Crippen LogP contribution in [0.25, 0.3) is 10.9 Å². The smallest absolute Gasteiger partial charge is 0.329 e. The van der Waals surface area contributed by atoms with Crippen molar-refractivity contribution < 1.29 is 14.3 Å². The maximum absolute atomic E-state index is 12.3. The zero-order valence-electron chi connectivity index (χ0n) is 17.9. The summed E-state index contributed by atoms with van der Waals surface area (Å²) in [5.41, 5.74) is 0.848. The van der Waals surface area contributed by atoms with E-state index in [0.29, 0.717) is 31.1 Å². The summed E-state index contributed by atoms with van der Waals surface area (Å²) < 4.78 is 7.87. The molecule has 2 N–H and O–H groups in total. The summed E-state index contributed by atoms with van der Waals surface area (Å²) in [5.74, 6) is 1.05. The zero-order chi connectivity index (χ0) is 21.3. The highest BCUT2D eigenvalue weighted by atomic mass is 16.5. The number of benzene rings is 1. The molecule has 1 aromatic heterocycles. The van der Waals surface area contributed by atoms with Crippen molar-refractivity contribution in [3.63, 3.8) is 0 Å². The Morgan fingerprint density at radius 2 is 1.97 bits per heavy atom. The van der Waals surface area contributed by atoms with Gasteiger partial charge in [-0.05, 0) is 32.4 Å². The lowest BCUT2D eigenvalue weighted by Crippen LogP contribution is -2.55. The Labute approximate surface area is 176 Å². The highest BCUT2D eigenvalue weighted by Gasteiger charge is 2.28. The van der Waals surface area contributed by atoms with Gasteiger partial charge < -0.3 is 10.1 Å². The number of amides is 3. The van der Waals surface area contributed by atoms with Gasteiger partial charge in [0.15, 0.2) is 5.82 Å². The van der Waals surface area contributed by atoms with Crippen LogP contribution in [0.5, 0.6) is 5.75 Å². The number of nitrogens with one attached hydrogen (secondary N) is 2. The minimum atomic E-state index is -0.433. The van der Waals surface area contributed by atoms with Crippen LogP contribution in [0.2, 0.25) is 0 Å². The number of carbonyl (C=O) groups excluding carboxylic acids is 2. The van der Waals surface area contributed by atoms with Gasteiger partial charge in [-0.1, -0.05) is 6.07 Å². The van der Waals surface area contributed by atoms with Crippen LogP contribution in [0.4, 0.5) is 10.6 Å². The molecule has 0 saturated carbocycles. The van der Waals surface area contributed by atoms with E-state index in [2.05, 4.69) is 34.5 Å². The van der Waals surface area contributed by atoms with Gasteiger partial charge >= 0.3 is 6.03 Å². The van der Waals surface area contributed by atoms with Crippen LogP contribution in [0.3, 0.4) is 0 Å². The summed E-state index contributed by atoms with van der Waals surface area (Å²) in [7, 11) is 1.84. The molecule has 30 heavy (non-hydrogen) atoms. The second kappa shape index (κ2) is 8.61. The number of imide groups is 1. The molecule has 3 amide bonds. The summed E-state index contributed by atoms with van der Waals surface area (Å²) in [4.78, 5) is 27.8. The molecule has 2 fully saturated rings. The molecule has 1 aromatic carbocycles. The lowest BCUT2D eigenvalue weighted by Gasteiger charge is -2.39. The molecule has 3 heterocycles. The highest BCUT2D eigenvalue weighted by molar-refractivity contribution is 6.09. The third-order valence-corrected chi connectivity index (χ3v) is 5.95. The van der Waals surface area contributed by atoms with E-state index in [1.54, 1.807) is 4.68 Å². The molecule has 0 radical (unpaired) electrons.